The maximum Gasteiger partial charge on any atom is 0.303 e. The summed E-state index contributed by atoms with van der Waals surface area (Å²) in [5.41, 5.74) is -0.515. The van der Waals surface area contributed by atoms with Crippen molar-refractivity contribution in [2.75, 3.05) is 6.61 Å². The van der Waals surface area contributed by atoms with Gasteiger partial charge in [0.05, 0.1) is 6.20 Å². The van der Waals surface area contributed by atoms with Crippen molar-refractivity contribution >= 4 is 68.5 Å². The number of aromatic nitrogens is 5. The molecule has 4 heterocycles. The predicted octanol–water partition coefficient (Wildman–Crippen LogP) is 3.57. The van der Waals surface area contributed by atoms with E-state index in [1.165, 1.54) is 43.0 Å². The van der Waals surface area contributed by atoms with E-state index in [-0.39, 0.29) is 17.5 Å². The summed E-state index contributed by atoms with van der Waals surface area (Å²) in [6.07, 6.45) is -0.262. The van der Waals surface area contributed by atoms with Gasteiger partial charge in [-0.05, 0) is 22.0 Å². The molecule has 40 heavy (non-hydrogen) atoms. The third-order valence-electron chi connectivity index (χ3n) is 5.35. The Bertz CT molecular complexity index is 1460. The van der Waals surface area contributed by atoms with E-state index in [0.29, 0.717) is 20.1 Å². The fraction of sp³-hybridized carbons (Fsp3) is 0.391. The van der Waals surface area contributed by atoms with E-state index in [2.05, 4.69) is 36.2 Å². The summed E-state index contributed by atoms with van der Waals surface area (Å²) in [4.78, 5) is 45.0. The van der Waals surface area contributed by atoms with Crippen LogP contribution in [0.25, 0.3) is 10.7 Å². The van der Waals surface area contributed by atoms with Crippen molar-refractivity contribution in [3.8, 4) is 16.8 Å². The molecule has 5 unspecified atom stereocenters. The van der Waals surface area contributed by atoms with Crippen LogP contribution in [0.4, 0.5) is 0 Å². The number of hydrogen-bond donors (Lipinski definition) is 0. The highest BCUT2D eigenvalue weighted by atomic mass is 79.9. The van der Waals surface area contributed by atoms with Crippen molar-refractivity contribution < 1.29 is 33.3 Å². The van der Waals surface area contributed by atoms with Crippen molar-refractivity contribution in [2.24, 2.45) is 0 Å². The largest absolute Gasteiger partial charge is 0.463 e. The predicted molar refractivity (Wildman–Crippen MR) is 144 cm³/mol. The van der Waals surface area contributed by atoms with Gasteiger partial charge in [0.1, 0.15) is 46.1 Å². The second-order valence-corrected chi connectivity index (χ2v) is 11.6. The number of carbonyl (C=O) groups is 3. The van der Waals surface area contributed by atoms with Gasteiger partial charge in [0.2, 0.25) is 0 Å². The smallest absolute Gasteiger partial charge is 0.303 e. The van der Waals surface area contributed by atoms with E-state index >= 15 is 0 Å². The number of esters is 3. The second kappa shape index (κ2) is 13.0. The molecular weight excluding hydrogens is 652 g/mol. The highest BCUT2D eigenvalue weighted by molar-refractivity contribution is 9.10. The van der Waals surface area contributed by atoms with E-state index in [4.69, 9.17) is 30.5 Å². The zero-order valence-electron chi connectivity index (χ0n) is 21.0. The minimum absolute atomic E-state index is 0.109. The van der Waals surface area contributed by atoms with Crippen LogP contribution in [0.3, 0.4) is 0 Å². The molecule has 1 aliphatic rings. The Morgan fingerprint density at radius 3 is 2.58 bits per heavy atom. The van der Waals surface area contributed by atoms with Gasteiger partial charge in [0.25, 0.3) is 0 Å². The van der Waals surface area contributed by atoms with Crippen molar-refractivity contribution in [3.05, 3.63) is 39.2 Å². The molecule has 1 saturated heterocycles. The average molecular weight is 672 g/mol. The molecule has 0 N–H and O–H groups in total. The lowest BCUT2D eigenvalue weighted by Gasteiger charge is -2.44. The lowest BCUT2D eigenvalue weighted by molar-refractivity contribution is -0.212. The van der Waals surface area contributed by atoms with Crippen LogP contribution in [0.2, 0.25) is 5.15 Å². The summed E-state index contributed by atoms with van der Waals surface area (Å²) in [5.74, 6) is -1.89. The maximum absolute atomic E-state index is 12.3. The normalized spacial score (nSPS) is 22.2. The fourth-order valence-corrected chi connectivity index (χ4v) is 6.47. The van der Waals surface area contributed by atoms with Crippen molar-refractivity contribution in [3.63, 3.8) is 0 Å². The molecular formula is C23H20BrClN6O7S2. The van der Waals surface area contributed by atoms with Gasteiger partial charge in [0.15, 0.2) is 17.9 Å². The fourth-order valence-electron chi connectivity index (χ4n) is 3.89. The Balaban J connectivity index is 1.82. The molecule has 0 bridgehead atoms. The number of thioether (sulfide) groups is 1. The maximum atomic E-state index is 12.3. The molecule has 0 radical (unpaired) electrons. The highest BCUT2D eigenvalue weighted by Crippen LogP contribution is 2.42. The Kier molecular flexibility index (Phi) is 9.74. The lowest BCUT2D eigenvalue weighted by Crippen LogP contribution is -2.57. The molecule has 1 fully saturated rings. The Morgan fingerprint density at radius 1 is 1.23 bits per heavy atom. The van der Waals surface area contributed by atoms with E-state index in [1.54, 1.807) is 17.6 Å². The number of rotatable bonds is 8. The Labute approximate surface area is 249 Å². The Hall–Kier alpha value is -3.10. The van der Waals surface area contributed by atoms with Gasteiger partial charge in [-0.3, -0.25) is 14.4 Å². The first-order valence-electron chi connectivity index (χ1n) is 11.4. The van der Waals surface area contributed by atoms with Gasteiger partial charge < -0.3 is 18.9 Å². The standard InChI is InChI=1S/C23H20BrClN6O7S2/c1-10(32)35-8-16-20(36-11(2)33)19(31-7-15(29-30-31)22-28-18(25)9-39-22)21(37-12(3)34)23(38-16)40-17-4-13(24)6-27-14(17)5-26/h4,6-7,9,16,19-21,23H,8H2,1-3H3. The Morgan fingerprint density at radius 2 is 1.95 bits per heavy atom. The number of nitrogens with zero attached hydrogens (tertiary/aromatic N) is 6. The van der Waals surface area contributed by atoms with Gasteiger partial charge in [-0.2, -0.15) is 5.26 Å². The summed E-state index contributed by atoms with van der Waals surface area (Å²) in [6.45, 7) is 3.36. The first kappa shape index (κ1) is 29.9. The number of thiazole rings is 1. The van der Waals surface area contributed by atoms with E-state index < -0.39 is 47.7 Å². The number of pyridine rings is 1. The van der Waals surface area contributed by atoms with Crippen LogP contribution in [-0.4, -0.2) is 73.2 Å². The molecule has 3 aromatic heterocycles. The van der Waals surface area contributed by atoms with Crippen molar-refractivity contribution in [1.29, 1.82) is 5.26 Å². The molecule has 1 aliphatic heterocycles. The molecule has 4 rings (SSSR count). The topological polar surface area (TPSA) is 168 Å². The molecule has 0 saturated carbocycles. The number of hydrogen-bond acceptors (Lipinski definition) is 14. The van der Waals surface area contributed by atoms with E-state index in [0.717, 1.165) is 11.8 Å². The number of nitriles is 1. The number of ether oxygens (including phenoxy) is 4. The van der Waals surface area contributed by atoms with Crippen molar-refractivity contribution in [2.45, 2.75) is 55.5 Å². The molecule has 0 aromatic carbocycles. The SMILES string of the molecule is CC(=O)OCC1OC(Sc2cc(Br)cnc2C#N)C(OC(C)=O)C(n2cc(-c3nc(Cl)cs3)nn2)C1OC(C)=O. The summed E-state index contributed by atoms with van der Waals surface area (Å²) < 4.78 is 24.8. The van der Waals surface area contributed by atoms with Crippen LogP contribution >= 0.6 is 50.6 Å². The molecule has 13 nitrogen and oxygen atoms in total. The first-order chi connectivity index (χ1) is 19.0. The van der Waals surface area contributed by atoms with Crippen LogP contribution in [0.1, 0.15) is 32.5 Å². The average Bonchev–Trinajstić information content (AvgIpc) is 3.53. The molecule has 0 aliphatic carbocycles. The van der Waals surface area contributed by atoms with Crippen LogP contribution in [0.5, 0.6) is 0 Å². The highest BCUT2D eigenvalue weighted by Gasteiger charge is 2.52. The minimum Gasteiger partial charge on any atom is -0.463 e. The van der Waals surface area contributed by atoms with Gasteiger partial charge in [0, 0.05) is 41.7 Å². The molecule has 0 amide bonds. The molecule has 0 spiro atoms. The van der Waals surface area contributed by atoms with Gasteiger partial charge in [-0.1, -0.05) is 28.6 Å². The minimum atomic E-state index is -1.14. The quantitative estimate of drug-likeness (QED) is 0.252. The lowest BCUT2D eigenvalue weighted by atomic mass is 9.96. The number of carbonyl (C=O) groups excluding carboxylic acids is 3. The third-order valence-corrected chi connectivity index (χ3v) is 8.15. The number of halogens is 2. The summed E-state index contributed by atoms with van der Waals surface area (Å²) in [6, 6.07) is 2.69. The van der Waals surface area contributed by atoms with Crippen LogP contribution < -0.4 is 0 Å². The first-order valence-corrected chi connectivity index (χ1v) is 14.4. The van der Waals surface area contributed by atoms with Crippen LogP contribution in [0.15, 0.2) is 33.2 Å². The third kappa shape index (κ3) is 7.15. The zero-order valence-corrected chi connectivity index (χ0v) is 25.0. The van der Waals surface area contributed by atoms with Gasteiger partial charge >= 0.3 is 17.9 Å². The molecule has 5 atom stereocenters. The van der Waals surface area contributed by atoms with E-state index in [9.17, 15) is 19.6 Å². The summed E-state index contributed by atoms with van der Waals surface area (Å²) in [5, 5.41) is 20.4. The summed E-state index contributed by atoms with van der Waals surface area (Å²) >= 11 is 11.6. The van der Waals surface area contributed by atoms with Crippen LogP contribution in [0, 0.1) is 11.3 Å². The molecule has 3 aromatic rings. The van der Waals surface area contributed by atoms with Gasteiger partial charge in [-0.25, -0.2) is 14.6 Å². The second-order valence-electron chi connectivity index (χ2n) is 8.27. The van der Waals surface area contributed by atoms with E-state index in [1.807, 2.05) is 6.07 Å². The molecule has 210 valence electrons. The monoisotopic (exact) mass is 670 g/mol. The van der Waals surface area contributed by atoms with Gasteiger partial charge in [-0.15, -0.1) is 16.4 Å². The van der Waals surface area contributed by atoms with Crippen molar-refractivity contribution in [1.82, 2.24) is 25.0 Å². The molecule has 17 heteroatoms. The van der Waals surface area contributed by atoms with Crippen LogP contribution in [-0.2, 0) is 33.3 Å². The summed E-state index contributed by atoms with van der Waals surface area (Å²) in [7, 11) is 0. The zero-order chi connectivity index (χ0) is 29.0.